The molecular weight excluding hydrogens is 690 g/mol. The number of unbranched alkanes of at least 4 members (excludes halogenated alkanes) is 42. The second-order valence-electron chi connectivity index (χ2n) is 18.5. The third kappa shape index (κ3) is 48.6. The van der Waals surface area contributed by atoms with Crippen molar-refractivity contribution in [1.82, 2.24) is 4.90 Å². The first-order valence-electron chi connectivity index (χ1n) is 26.6. The molecule has 0 heterocycles. The van der Waals surface area contributed by atoms with Gasteiger partial charge in [0.2, 0.25) is 0 Å². The van der Waals surface area contributed by atoms with Crippen LogP contribution in [0.15, 0.2) is 0 Å². The molecular formula is C53H106LiNO2. The van der Waals surface area contributed by atoms with Gasteiger partial charge in [-0.2, -0.15) is 0 Å². The smallest absolute Gasteiger partial charge is 0.550 e. The van der Waals surface area contributed by atoms with E-state index in [4.69, 9.17) is 0 Å². The Labute approximate surface area is 373 Å². The standard InChI is InChI=1S/C53H107NO2.Li/c1-4-7-9-11-13-15-17-19-21-23-25-27-29-31-33-35-37-39-41-43-45-47-49-54(52(6-3)51-53(55)56)50-48-46-44-42-40-38-36-34-32-30-28-26-24-22-20-18-16-14-12-10-8-5-2;/h52H,4-51H2,1-3H3,(H,55,56);/q;+1/p-1. The predicted octanol–water partition coefficient (Wildman–Crippen LogP) is 14.4. The van der Waals surface area contributed by atoms with Crippen LogP contribution in [0.4, 0.5) is 0 Å². The number of carbonyl (C=O) groups is 1. The van der Waals surface area contributed by atoms with Gasteiger partial charge in [0.25, 0.3) is 0 Å². The van der Waals surface area contributed by atoms with Crippen LogP contribution in [-0.4, -0.2) is 30.0 Å². The average molecular weight is 796 g/mol. The summed E-state index contributed by atoms with van der Waals surface area (Å²) in [5.74, 6) is -0.884. The zero-order valence-electron chi connectivity index (χ0n) is 40.3. The Morgan fingerprint density at radius 3 is 0.667 bits per heavy atom. The summed E-state index contributed by atoms with van der Waals surface area (Å²) >= 11 is 0. The second-order valence-corrected chi connectivity index (χ2v) is 18.5. The van der Waals surface area contributed by atoms with Crippen LogP contribution in [0.25, 0.3) is 0 Å². The molecule has 0 aromatic heterocycles. The van der Waals surface area contributed by atoms with Gasteiger partial charge in [0, 0.05) is 18.4 Å². The molecule has 4 heteroatoms. The zero-order chi connectivity index (χ0) is 40.7. The molecule has 0 saturated heterocycles. The van der Waals surface area contributed by atoms with Crippen molar-refractivity contribution < 1.29 is 28.8 Å². The van der Waals surface area contributed by atoms with Crippen molar-refractivity contribution in [2.45, 2.75) is 322 Å². The SMILES string of the molecule is CCCCCCCCCCCCCCCCCCCCCCCCN(CCCCCCCCCCCCCCCCCCCCCCCC)C(CC)CC(=O)[O-].[Li+]. The van der Waals surface area contributed by atoms with Crippen molar-refractivity contribution in [3.63, 3.8) is 0 Å². The molecule has 0 rings (SSSR count). The number of hydrogen-bond donors (Lipinski definition) is 0. The summed E-state index contributed by atoms with van der Waals surface area (Å²) in [6, 6.07) is 0.143. The van der Waals surface area contributed by atoms with Gasteiger partial charge in [0.15, 0.2) is 0 Å². The fourth-order valence-corrected chi connectivity index (χ4v) is 9.05. The third-order valence-electron chi connectivity index (χ3n) is 13.0. The minimum atomic E-state index is -0.884. The van der Waals surface area contributed by atoms with Crippen LogP contribution >= 0.6 is 0 Å². The first-order chi connectivity index (χ1) is 27.7. The van der Waals surface area contributed by atoms with Gasteiger partial charge in [-0.15, -0.1) is 0 Å². The summed E-state index contributed by atoms with van der Waals surface area (Å²) < 4.78 is 0. The molecule has 0 radical (unpaired) electrons. The van der Waals surface area contributed by atoms with E-state index in [9.17, 15) is 9.90 Å². The maximum Gasteiger partial charge on any atom is 1.00 e. The first-order valence-corrected chi connectivity index (χ1v) is 26.6. The maximum absolute atomic E-state index is 11.5. The van der Waals surface area contributed by atoms with Crippen LogP contribution in [0.3, 0.4) is 0 Å². The summed E-state index contributed by atoms with van der Waals surface area (Å²) in [6.07, 6.45) is 63.4. The summed E-state index contributed by atoms with van der Waals surface area (Å²) in [5, 5.41) is 11.5. The van der Waals surface area contributed by atoms with Crippen LogP contribution < -0.4 is 24.0 Å². The van der Waals surface area contributed by atoms with E-state index in [0.717, 1.165) is 19.5 Å². The zero-order valence-corrected chi connectivity index (χ0v) is 40.3. The summed E-state index contributed by atoms with van der Waals surface area (Å²) in [4.78, 5) is 14.0. The third-order valence-corrected chi connectivity index (χ3v) is 13.0. The van der Waals surface area contributed by atoms with Crippen molar-refractivity contribution in [1.29, 1.82) is 0 Å². The minimum Gasteiger partial charge on any atom is -0.550 e. The first kappa shape index (κ1) is 59.1. The Morgan fingerprint density at radius 1 is 0.333 bits per heavy atom. The molecule has 0 amide bonds. The minimum absolute atomic E-state index is 0. The van der Waals surface area contributed by atoms with E-state index in [-0.39, 0.29) is 31.3 Å². The molecule has 0 aromatic carbocycles. The van der Waals surface area contributed by atoms with E-state index in [0.29, 0.717) is 0 Å². The van der Waals surface area contributed by atoms with E-state index >= 15 is 0 Å². The van der Waals surface area contributed by atoms with Gasteiger partial charge >= 0.3 is 18.9 Å². The van der Waals surface area contributed by atoms with Crippen molar-refractivity contribution in [3.8, 4) is 0 Å². The van der Waals surface area contributed by atoms with Crippen LogP contribution in [0, 0.1) is 0 Å². The average Bonchev–Trinajstić information content (AvgIpc) is 3.20. The van der Waals surface area contributed by atoms with E-state index in [1.807, 2.05) is 0 Å². The molecule has 0 fully saturated rings. The number of carbonyl (C=O) groups excluding carboxylic acids is 1. The molecule has 0 aliphatic rings. The number of carboxylic acids is 1. The molecule has 0 aromatic rings. The summed E-state index contributed by atoms with van der Waals surface area (Å²) in [6.45, 7) is 8.87. The van der Waals surface area contributed by atoms with Crippen molar-refractivity contribution in [3.05, 3.63) is 0 Å². The number of hydrogen-bond acceptors (Lipinski definition) is 3. The molecule has 336 valence electrons. The number of nitrogens with zero attached hydrogens (tertiary/aromatic N) is 1. The Kier molecular flexibility index (Phi) is 54.1. The molecule has 1 unspecified atom stereocenters. The van der Waals surface area contributed by atoms with Gasteiger partial charge in [-0.05, 0) is 32.4 Å². The maximum atomic E-state index is 11.5. The van der Waals surface area contributed by atoms with Crippen molar-refractivity contribution >= 4 is 5.97 Å². The predicted molar refractivity (Wildman–Crippen MR) is 250 cm³/mol. The Morgan fingerprint density at radius 2 is 0.509 bits per heavy atom. The molecule has 57 heavy (non-hydrogen) atoms. The fraction of sp³-hybridized carbons (Fsp3) is 0.981. The van der Waals surface area contributed by atoms with Crippen LogP contribution in [0.2, 0.25) is 0 Å². The van der Waals surface area contributed by atoms with Crippen LogP contribution in [0.5, 0.6) is 0 Å². The van der Waals surface area contributed by atoms with Gasteiger partial charge in [0.05, 0.1) is 0 Å². The van der Waals surface area contributed by atoms with Gasteiger partial charge in [0.1, 0.15) is 0 Å². The van der Waals surface area contributed by atoms with Gasteiger partial charge < -0.3 is 14.8 Å². The van der Waals surface area contributed by atoms with E-state index in [1.54, 1.807) is 0 Å². The molecule has 0 N–H and O–H groups in total. The molecule has 0 spiro atoms. The Bertz CT molecular complexity index is 684. The molecule has 0 aliphatic carbocycles. The van der Waals surface area contributed by atoms with Gasteiger partial charge in [-0.3, -0.25) is 0 Å². The molecule has 0 aliphatic heterocycles. The molecule has 0 saturated carbocycles. The number of carboxylic acid groups (broad SMARTS) is 1. The van der Waals surface area contributed by atoms with E-state index < -0.39 is 5.97 Å². The van der Waals surface area contributed by atoms with Crippen LogP contribution in [-0.2, 0) is 4.79 Å². The fourth-order valence-electron chi connectivity index (χ4n) is 9.05. The Hall–Kier alpha value is 0.0274. The van der Waals surface area contributed by atoms with Crippen molar-refractivity contribution in [2.75, 3.05) is 13.1 Å². The monoisotopic (exact) mass is 796 g/mol. The topological polar surface area (TPSA) is 43.4 Å². The summed E-state index contributed by atoms with van der Waals surface area (Å²) in [5.41, 5.74) is 0. The van der Waals surface area contributed by atoms with Gasteiger partial charge in [-0.25, -0.2) is 0 Å². The van der Waals surface area contributed by atoms with E-state index in [2.05, 4.69) is 25.7 Å². The Balaban J connectivity index is 0. The molecule has 0 bridgehead atoms. The van der Waals surface area contributed by atoms with Crippen LogP contribution in [0.1, 0.15) is 316 Å². The number of aliphatic carboxylic acids is 1. The normalized spacial score (nSPS) is 12.1. The van der Waals surface area contributed by atoms with Gasteiger partial charge in [-0.1, -0.05) is 290 Å². The van der Waals surface area contributed by atoms with Crippen molar-refractivity contribution in [2.24, 2.45) is 0 Å². The molecule has 3 nitrogen and oxygen atoms in total. The second kappa shape index (κ2) is 52.2. The van der Waals surface area contributed by atoms with E-state index in [1.165, 1.54) is 283 Å². The number of rotatable bonds is 50. The quantitative estimate of drug-likeness (QED) is 0.0455. The summed E-state index contributed by atoms with van der Waals surface area (Å²) in [7, 11) is 0. The largest absolute Gasteiger partial charge is 1.00 e. The molecule has 1 atom stereocenters.